The van der Waals surface area contributed by atoms with E-state index >= 15 is 0 Å². The SMILES string of the molecule is CNC1CCN(S(=O)(=O)c2ccc3c(c2)OCCCO3)CC1. The molecule has 0 spiro atoms. The number of nitrogens with zero attached hydrogens (tertiary/aromatic N) is 1. The lowest BCUT2D eigenvalue weighted by atomic mass is 10.1. The molecule has 2 aliphatic heterocycles. The minimum Gasteiger partial charge on any atom is -0.490 e. The van der Waals surface area contributed by atoms with Gasteiger partial charge in [0, 0.05) is 31.6 Å². The van der Waals surface area contributed by atoms with Crippen LogP contribution in [0.1, 0.15) is 19.3 Å². The maximum atomic E-state index is 12.8. The molecular weight excluding hydrogens is 304 g/mol. The highest BCUT2D eigenvalue weighted by Gasteiger charge is 2.29. The first-order chi connectivity index (χ1) is 10.6. The molecule has 1 saturated heterocycles. The predicted octanol–water partition coefficient (Wildman–Crippen LogP) is 1.22. The van der Waals surface area contributed by atoms with Crippen LogP contribution >= 0.6 is 0 Å². The van der Waals surface area contributed by atoms with Gasteiger partial charge in [0.1, 0.15) is 0 Å². The van der Waals surface area contributed by atoms with Crippen LogP contribution in [0.4, 0.5) is 0 Å². The summed E-state index contributed by atoms with van der Waals surface area (Å²) < 4.78 is 38.2. The van der Waals surface area contributed by atoms with Crippen LogP contribution in [-0.2, 0) is 10.0 Å². The molecule has 7 heteroatoms. The summed E-state index contributed by atoms with van der Waals surface area (Å²) in [4.78, 5) is 0.277. The smallest absolute Gasteiger partial charge is 0.243 e. The normalized spacial score (nSPS) is 20.6. The molecule has 1 N–H and O–H groups in total. The lowest BCUT2D eigenvalue weighted by Crippen LogP contribution is -2.43. The molecule has 0 unspecified atom stereocenters. The topological polar surface area (TPSA) is 67.9 Å². The highest BCUT2D eigenvalue weighted by molar-refractivity contribution is 7.89. The van der Waals surface area contributed by atoms with Gasteiger partial charge < -0.3 is 14.8 Å². The third-order valence-corrected chi connectivity index (χ3v) is 6.11. The van der Waals surface area contributed by atoms with E-state index in [0.717, 1.165) is 19.3 Å². The quantitative estimate of drug-likeness (QED) is 0.904. The molecule has 0 bridgehead atoms. The second kappa shape index (κ2) is 6.44. The molecule has 0 aromatic heterocycles. The van der Waals surface area contributed by atoms with Crippen LogP contribution < -0.4 is 14.8 Å². The molecule has 0 saturated carbocycles. The average molecular weight is 326 g/mol. The van der Waals surface area contributed by atoms with Gasteiger partial charge >= 0.3 is 0 Å². The summed E-state index contributed by atoms with van der Waals surface area (Å²) in [6.45, 7) is 2.23. The van der Waals surface area contributed by atoms with E-state index in [-0.39, 0.29) is 4.90 Å². The van der Waals surface area contributed by atoms with Crippen molar-refractivity contribution in [3.8, 4) is 11.5 Å². The van der Waals surface area contributed by atoms with Gasteiger partial charge in [0.15, 0.2) is 11.5 Å². The van der Waals surface area contributed by atoms with Crippen LogP contribution in [0.3, 0.4) is 0 Å². The Labute approximate surface area is 131 Å². The Balaban J connectivity index is 1.82. The van der Waals surface area contributed by atoms with Crippen LogP contribution in [0.25, 0.3) is 0 Å². The third kappa shape index (κ3) is 3.06. The fourth-order valence-electron chi connectivity index (χ4n) is 2.84. The largest absolute Gasteiger partial charge is 0.490 e. The van der Waals surface area contributed by atoms with Gasteiger partial charge in [-0.25, -0.2) is 8.42 Å². The zero-order chi connectivity index (χ0) is 15.6. The summed E-state index contributed by atoms with van der Waals surface area (Å²) in [6, 6.07) is 5.27. The molecule has 2 heterocycles. The Morgan fingerprint density at radius 1 is 1.14 bits per heavy atom. The van der Waals surface area contributed by atoms with Crippen LogP contribution in [-0.4, -0.2) is 52.1 Å². The molecule has 1 aromatic rings. The first-order valence-corrected chi connectivity index (χ1v) is 9.12. The van der Waals surface area contributed by atoms with E-state index in [9.17, 15) is 8.42 Å². The number of ether oxygens (including phenoxy) is 2. The Hall–Kier alpha value is -1.31. The number of hydrogen-bond donors (Lipinski definition) is 1. The monoisotopic (exact) mass is 326 g/mol. The number of piperidine rings is 1. The molecule has 0 atom stereocenters. The Morgan fingerprint density at radius 2 is 1.82 bits per heavy atom. The predicted molar refractivity (Wildman–Crippen MR) is 82.9 cm³/mol. The molecule has 1 aromatic carbocycles. The number of sulfonamides is 1. The molecule has 1 fully saturated rings. The average Bonchev–Trinajstić information content (AvgIpc) is 2.79. The minimum atomic E-state index is -3.47. The molecule has 22 heavy (non-hydrogen) atoms. The van der Waals surface area contributed by atoms with Gasteiger partial charge in [-0.2, -0.15) is 4.31 Å². The van der Waals surface area contributed by atoms with Crippen molar-refractivity contribution in [2.75, 3.05) is 33.4 Å². The fourth-order valence-corrected chi connectivity index (χ4v) is 4.32. The van der Waals surface area contributed by atoms with E-state index in [1.165, 1.54) is 0 Å². The first kappa shape index (κ1) is 15.6. The van der Waals surface area contributed by atoms with Crippen molar-refractivity contribution < 1.29 is 17.9 Å². The molecule has 6 nitrogen and oxygen atoms in total. The number of fused-ring (bicyclic) bond motifs is 1. The van der Waals surface area contributed by atoms with Crippen molar-refractivity contribution >= 4 is 10.0 Å². The summed E-state index contributed by atoms with van der Waals surface area (Å²) in [7, 11) is -1.55. The van der Waals surface area contributed by atoms with Crippen molar-refractivity contribution in [3.05, 3.63) is 18.2 Å². The maximum Gasteiger partial charge on any atom is 0.243 e. The number of benzene rings is 1. The van der Waals surface area contributed by atoms with Crippen LogP contribution in [0.2, 0.25) is 0 Å². The first-order valence-electron chi connectivity index (χ1n) is 7.68. The molecule has 0 aliphatic carbocycles. The second-order valence-electron chi connectivity index (χ2n) is 5.63. The summed E-state index contributed by atoms with van der Waals surface area (Å²) in [5, 5.41) is 3.21. The Kier molecular flexibility index (Phi) is 4.56. The van der Waals surface area contributed by atoms with E-state index in [4.69, 9.17) is 9.47 Å². The second-order valence-corrected chi connectivity index (χ2v) is 7.56. The lowest BCUT2D eigenvalue weighted by Gasteiger charge is -2.31. The molecule has 0 amide bonds. The zero-order valence-corrected chi connectivity index (χ0v) is 13.6. The number of rotatable bonds is 3. The van der Waals surface area contributed by atoms with E-state index in [2.05, 4.69) is 5.32 Å². The van der Waals surface area contributed by atoms with E-state index < -0.39 is 10.0 Å². The van der Waals surface area contributed by atoms with Crippen LogP contribution in [0, 0.1) is 0 Å². The van der Waals surface area contributed by atoms with Crippen molar-refractivity contribution in [1.29, 1.82) is 0 Å². The fraction of sp³-hybridized carbons (Fsp3) is 0.600. The van der Waals surface area contributed by atoms with Crippen LogP contribution in [0.15, 0.2) is 23.1 Å². The standard InChI is InChI=1S/C15H22N2O4S/c1-16-12-5-7-17(8-6-12)22(18,19)13-3-4-14-15(11-13)21-10-2-9-20-14/h3-4,11-12,16H,2,5-10H2,1H3. The lowest BCUT2D eigenvalue weighted by molar-refractivity contribution is 0.296. The Morgan fingerprint density at radius 3 is 2.50 bits per heavy atom. The van der Waals surface area contributed by atoms with Gasteiger partial charge in [-0.05, 0) is 32.0 Å². The molecule has 2 aliphatic rings. The summed E-state index contributed by atoms with van der Waals surface area (Å²) in [5.41, 5.74) is 0. The van der Waals surface area contributed by atoms with Gasteiger partial charge in [-0.15, -0.1) is 0 Å². The van der Waals surface area contributed by atoms with Gasteiger partial charge in [0.2, 0.25) is 10.0 Å². The molecule has 3 rings (SSSR count). The van der Waals surface area contributed by atoms with Crippen molar-refractivity contribution in [1.82, 2.24) is 9.62 Å². The molecular formula is C15H22N2O4S. The Bertz CT molecular complexity index is 624. The van der Waals surface area contributed by atoms with Crippen molar-refractivity contribution in [2.24, 2.45) is 0 Å². The van der Waals surface area contributed by atoms with Gasteiger partial charge in [-0.3, -0.25) is 0 Å². The van der Waals surface area contributed by atoms with Crippen molar-refractivity contribution in [2.45, 2.75) is 30.2 Å². The van der Waals surface area contributed by atoms with E-state index in [0.29, 0.717) is 43.8 Å². The third-order valence-electron chi connectivity index (χ3n) is 4.22. The van der Waals surface area contributed by atoms with E-state index in [1.807, 2.05) is 7.05 Å². The summed E-state index contributed by atoms with van der Waals surface area (Å²) >= 11 is 0. The van der Waals surface area contributed by atoms with E-state index in [1.54, 1.807) is 22.5 Å². The van der Waals surface area contributed by atoms with Crippen LogP contribution in [0.5, 0.6) is 11.5 Å². The highest BCUT2D eigenvalue weighted by Crippen LogP contribution is 2.33. The summed E-state index contributed by atoms with van der Waals surface area (Å²) in [6.07, 6.45) is 2.47. The number of nitrogens with one attached hydrogen (secondary N) is 1. The molecule has 122 valence electrons. The molecule has 0 radical (unpaired) electrons. The van der Waals surface area contributed by atoms with Gasteiger partial charge in [-0.1, -0.05) is 0 Å². The highest BCUT2D eigenvalue weighted by atomic mass is 32.2. The minimum absolute atomic E-state index is 0.277. The maximum absolute atomic E-state index is 12.8. The van der Waals surface area contributed by atoms with Gasteiger partial charge in [0.25, 0.3) is 0 Å². The van der Waals surface area contributed by atoms with Crippen molar-refractivity contribution in [3.63, 3.8) is 0 Å². The number of hydrogen-bond acceptors (Lipinski definition) is 5. The summed E-state index contributed by atoms with van der Waals surface area (Å²) in [5.74, 6) is 1.13. The van der Waals surface area contributed by atoms with Gasteiger partial charge in [0.05, 0.1) is 18.1 Å². The zero-order valence-electron chi connectivity index (χ0n) is 12.7.